The van der Waals surface area contributed by atoms with Gasteiger partial charge < -0.3 is 61.6 Å². The molecular formula is C98H126O20. The van der Waals surface area contributed by atoms with E-state index in [1.165, 1.54) is 75.3 Å². The van der Waals surface area contributed by atoms with Gasteiger partial charge in [-0.3, -0.25) is 0 Å². The van der Waals surface area contributed by atoms with E-state index in [-0.39, 0.29) is 49.2 Å². The lowest BCUT2D eigenvalue weighted by Gasteiger charge is -2.02. The lowest BCUT2D eigenvalue weighted by Crippen LogP contribution is -2.06. The third kappa shape index (κ3) is 69.1. The van der Waals surface area contributed by atoms with Gasteiger partial charge in [0.15, 0.2) is 6.79 Å². The Labute approximate surface area is 701 Å². The molecule has 0 radical (unpaired) electrons. The molecule has 0 spiro atoms. The minimum Gasteiger partial charge on any atom is -0.463 e. The first-order valence-electron chi connectivity index (χ1n) is 40.0. The maximum Gasteiger partial charge on any atom is 0.332 e. The Morgan fingerprint density at radius 2 is 0.373 bits per heavy atom. The van der Waals surface area contributed by atoms with Gasteiger partial charge in [0.25, 0.3) is 0 Å². The molecule has 0 N–H and O–H groups in total. The molecular weight excluding hydrogens is 1500 g/mol. The Morgan fingerprint density at radius 1 is 0.195 bits per heavy atom. The molecule has 0 atom stereocenters. The highest BCUT2D eigenvalue weighted by atomic mass is 16.7. The number of rotatable bonds is 48. The SMILES string of the molecule is CCCCCCCCOC(=O)/C=C/c1ccccc1.COCCCCCCOC(=O)/C=C/c1ccccc1.COCCCCCOC(=O)/C=C/c1ccccc1.COCCCCOC(=O)/C=C/c1ccccc1.COCCCOC(=O)/C=C/c1ccccc1.COCCOC(=O)/C=C/c1ccccc1.COCOC(=O)/C=C/c1ccccc1. The number of benzene rings is 7. The van der Waals surface area contributed by atoms with Gasteiger partial charge in [-0.15, -0.1) is 0 Å². The van der Waals surface area contributed by atoms with E-state index in [9.17, 15) is 33.6 Å². The normalized spacial score (nSPS) is 10.6. The third-order valence-corrected chi connectivity index (χ3v) is 15.5. The van der Waals surface area contributed by atoms with E-state index in [0.29, 0.717) is 52.9 Å². The Hall–Kier alpha value is -11.2. The Morgan fingerprint density at radius 3 is 0.610 bits per heavy atom. The second kappa shape index (κ2) is 79.6. The molecule has 118 heavy (non-hydrogen) atoms. The van der Waals surface area contributed by atoms with Gasteiger partial charge in [0.1, 0.15) is 6.61 Å². The van der Waals surface area contributed by atoms with Gasteiger partial charge in [0.2, 0.25) is 0 Å². The van der Waals surface area contributed by atoms with Gasteiger partial charge in [0.05, 0.1) is 39.6 Å². The van der Waals surface area contributed by atoms with Crippen LogP contribution in [0.25, 0.3) is 42.5 Å². The van der Waals surface area contributed by atoms with Crippen LogP contribution in [-0.4, -0.2) is 164 Å². The van der Waals surface area contributed by atoms with E-state index in [1.807, 2.05) is 212 Å². The molecule has 7 rings (SSSR count). The topological polar surface area (TPSA) is 239 Å². The zero-order valence-corrected chi connectivity index (χ0v) is 70.3. The summed E-state index contributed by atoms with van der Waals surface area (Å²) in [4.78, 5) is 78.9. The van der Waals surface area contributed by atoms with Crippen molar-refractivity contribution in [3.63, 3.8) is 0 Å². The van der Waals surface area contributed by atoms with Crippen LogP contribution in [0.1, 0.15) is 149 Å². The highest BCUT2D eigenvalue weighted by Crippen LogP contribution is 2.10. The first-order valence-corrected chi connectivity index (χ1v) is 40.0. The standard InChI is InChI=1S/C17H24O2.C16H22O3.C15H20O3.C14H18O3.C13H16O3.C12H14O3.C11H12O3/c1-2-3-4-5-6-10-15-19-17(18)14-13-16-11-8-7-9-12-16;1-18-13-7-2-3-8-14-19-16(17)12-11-15-9-5-4-6-10-15;1-17-12-6-3-7-13-18-15(16)11-10-14-8-4-2-5-9-14;1-16-11-5-6-12-17-14(15)10-9-13-7-3-2-4-8-13;1-15-10-5-11-16-13(14)9-8-12-6-3-2-4-7-12;1-14-9-10-15-12(13)8-7-11-5-3-2-4-6-11;1-13-9-14-11(12)8-7-10-5-3-2-4-6-10/h7-9,11-14H,2-6,10,15H2,1H3;4-6,9-12H,2-3,7-8,13-14H2,1H3;2,4-5,8-11H,3,6-7,12-13H2,1H3;2-4,7-10H,5-6,11-12H2,1H3;2-4,6-9H,5,10-11H2,1H3;2-8H,9-10H2,1H3;2-8H,9H2,1H3/b14-13+;12-11+;11-10+;10-9+;9-8+;2*8-7+. The molecule has 20 nitrogen and oxygen atoms in total. The van der Waals surface area contributed by atoms with Crippen LogP contribution in [0.15, 0.2) is 255 Å². The van der Waals surface area contributed by atoms with Crippen LogP contribution in [-0.2, 0) is 95.1 Å². The Balaban J connectivity index is 0.000000690. The van der Waals surface area contributed by atoms with Crippen molar-refractivity contribution in [3.8, 4) is 0 Å². The molecule has 0 amide bonds. The number of carbonyl (C=O) groups excluding carboxylic acids is 7. The fraction of sp³-hybridized carbons (Fsp3) is 0.357. The smallest absolute Gasteiger partial charge is 0.332 e. The summed E-state index contributed by atoms with van der Waals surface area (Å²) in [7, 11) is 9.71. The van der Waals surface area contributed by atoms with Gasteiger partial charge in [0, 0.05) is 118 Å². The summed E-state index contributed by atoms with van der Waals surface area (Å²) in [6, 6.07) is 67.5. The van der Waals surface area contributed by atoms with Crippen molar-refractivity contribution in [2.24, 2.45) is 0 Å². The van der Waals surface area contributed by atoms with Crippen molar-refractivity contribution >= 4 is 84.3 Å². The second-order valence-corrected chi connectivity index (χ2v) is 25.4. The molecule has 0 aliphatic rings. The molecule has 0 saturated heterocycles. The highest BCUT2D eigenvalue weighted by Gasteiger charge is 2.04. The van der Waals surface area contributed by atoms with Crippen molar-refractivity contribution in [3.05, 3.63) is 294 Å². The number of hydrogen-bond donors (Lipinski definition) is 0. The minimum absolute atomic E-state index is 0.0159. The van der Waals surface area contributed by atoms with Crippen LogP contribution < -0.4 is 0 Å². The van der Waals surface area contributed by atoms with Crippen LogP contribution >= 0.6 is 0 Å². The molecule has 0 bridgehead atoms. The monoisotopic (exact) mass is 1620 g/mol. The van der Waals surface area contributed by atoms with Gasteiger partial charge in [-0.25, -0.2) is 33.6 Å². The summed E-state index contributed by atoms with van der Waals surface area (Å²) in [5.41, 5.74) is 6.91. The van der Waals surface area contributed by atoms with Gasteiger partial charge in [-0.05, 0) is 139 Å². The van der Waals surface area contributed by atoms with Crippen molar-refractivity contribution in [2.45, 2.75) is 110 Å². The van der Waals surface area contributed by atoms with E-state index >= 15 is 0 Å². The van der Waals surface area contributed by atoms with Gasteiger partial charge >= 0.3 is 41.8 Å². The maximum atomic E-state index is 11.4. The molecule has 638 valence electrons. The first-order chi connectivity index (χ1) is 57.8. The van der Waals surface area contributed by atoms with Crippen LogP contribution in [0.3, 0.4) is 0 Å². The summed E-state index contributed by atoms with van der Waals surface area (Å²) in [5.74, 6) is -2.19. The Bertz CT molecular complexity index is 3710. The first kappa shape index (κ1) is 105. The van der Waals surface area contributed by atoms with Gasteiger partial charge in [-0.2, -0.15) is 0 Å². The number of esters is 7. The summed E-state index contributed by atoms with van der Waals surface area (Å²) >= 11 is 0. The molecule has 0 aliphatic heterocycles. The number of ether oxygens (including phenoxy) is 13. The summed E-state index contributed by atoms with van der Waals surface area (Å²) in [5, 5.41) is 0. The van der Waals surface area contributed by atoms with Crippen molar-refractivity contribution < 1.29 is 95.1 Å². The molecule has 0 aromatic heterocycles. The molecule has 20 heteroatoms. The molecule has 0 unspecified atom stereocenters. The third-order valence-electron chi connectivity index (χ3n) is 15.5. The summed E-state index contributed by atoms with van der Waals surface area (Å²) in [6.45, 7) is 8.12. The number of carbonyl (C=O) groups is 7. The summed E-state index contributed by atoms with van der Waals surface area (Å²) < 4.78 is 63.8. The highest BCUT2D eigenvalue weighted by molar-refractivity contribution is 5.90. The maximum absolute atomic E-state index is 11.4. The zero-order chi connectivity index (χ0) is 85.7. The molecule has 0 heterocycles. The van der Waals surface area contributed by atoms with Crippen LogP contribution in [0.2, 0.25) is 0 Å². The van der Waals surface area contributed by atoms with Gasteiger partial charge in [-0.1, -0.05) is 258 Å². The second-order valence-electron chi connectivity index (χ2n) is 25.4. The zero-order valence-electron chi connectivity index (χ0n) is 70.3. The molecule has 7 aromatic rings. The predicted octanol–water partition coefficient (Wildman–Crippen LogP) is 19.8. The lowest BCUT2D eigenvalue weighted by atomic mass is 10.1. The summed E-state index contributed by atoms with van der Waals surface area (Å²) in [6.07, 6.45) is 39.0. The van der Waals surface area contributed by atoms with Crippen LogP contribution in [0.4, 0.5) is 0 Å². The minimum atomic E-state index is -0.407. The van der Waals surface area contributed by atoms with Crippen molar-refractivity contribution in [1.29, 1.82) is 0 Å². The van der Waals surface area contributed by atoms with E-state index < -0.39 is 5.97 Å². The lowest BCUT2D eigenvalue weighted by molar-refractivity contribution is -0.148. The number of methoxy groups -OCH3 is 6. The molecule has 0 aliphatic carbocycles. The fourth-order valence-electron chi connectivity index (χ4n) is 9.30. The van der Waals surface area contributed by atoms with Crippen molar-refractivity contribution in [2.75, 3.05) is 122 Å². The predicted molar refractivity (Wildman–Crippen MR) is 471 cm³/mol. The fourth-order valence-corrected chi connectivity index (χ4v) is 9.30. The van der Waals surface area contributed by atoms with Crippen molar-refractivity contribution in [1.82, 2.24) is 0 Å². The van der Waals surface area contributed by atoms with E-state index in [1.54, 1.807) is 78.1 Å². The molecule has 0 saturated carbocycles. The Kier molecular flexibility index (Phi) is 70.7. The average molecular weight is 1620 g/mol. The molecule has 7 aromatic carbocycles. The number of hydrogen-bond acceptors (Lipinski definition) is 20. The van der Waals surface area contributed by atoms with E-state index in [0.717, 1.165) is 129 Å². The van der Waals surface area contributed by atoms with E-state index in [4.69, 9.17) is 52.1 Å². The van der Waals surface area contributed by atoms with Crippen LogP contribution in [0, 0.1) is 0 Å². The quantitative estimate of drug-likeness (QED) is 0.0113. The average Bonchev–Trinajstić information content (AvgIpc) is 0.988. The van der Waals surface area contributed by atoms with Crippen LogP contribution in [0.5, 0.6) is 0 Å². The van der Waals surface area contributed by atoms with E-state index in [2.05, 4.69) is 16.4 Å². The molecule has 0 fully saturated rings. The number of unbranched alkanes of at least 4 members (excludes halogenated alkanes) is 11. The largest absolute Gasteiger partial charge is 0.463 e.